The van der Waals surface area contributed by atoms with Crippen molar-refractivity contribution in [2.24, 2.45) is 5.73 Å². The minimum atomic E-state index is -1.15. The number of nitrogens with two attached hydrogens (primary N) is 1. The molecule has 2 aromatic heterocycles. The predicted molar refractivity (Wildman–Crippen MR) is 67.9 cm³/mol. The van der Waals surface area contributed by atoms with Crippen LogP contribution in [0.4, 0.5) is 0 Å². The number of nitrogens with zero attached hydrogens (tertiary/aromatic N) is 6. The Kier molecular flexibility index (Phi) is 4.56. The van der Waals surface area contributed by atoms with Crippen LogP contribution >= 0.6 is 0 Å². The van der Waals surface area contributed by atoms with E-state index in [1.54, 1.807) is 6.20 Å². The van der Waals surface area contributed by atoms with Gasteiger partial charge in [0.15, 0.2) is 5.69 Å². The molecule has 11 heteroatoms. The predicted octanol–water partition coefficient (Wildman–Crippen LogP) is -2.16. The van der Waals surface area contributed by atoms with Gasteiger partial charge in [-0.1, -0.05) is 10.4 Å². The second kappa shape index (κ2) is 6.56. The highest BCUT2D eigenvalue weighted by molar-refractivity contribution is 5.84. The summed E-state index contributed by atoms with van der Waals surface area (Å²) in [5.74, 6) is -1.39. The van der Waals surface area contributed by atoms with Gasteiger partial charge in [-0.2, -0.15) is 0 Å². The summed E-state index contributed by atoms with van der Waals surface area (Å²) < 4.78 is 2.72. The minimum absolute atomic E-state index is 0.0325. The van der Waals surface area contributed by atoms with Crippen molar-refractivity contribution >= 4 is 11.9 Å². The molecular formula is C10H14N8O3. The van der Waals surface area contributed by atoms with E-state index in [1.807, 2.05) is 0 Å². The van der Waals surface area contributed by atoms with Crippen molar-refractivity contribution in [3.05, 3.63) is 23.8 Å². The lowest BCUT2D eigenvalue weighted by Crippen LogP contribution is -2.30. The summed E-state index contributed by atoms with van der Waals surface area (Å²) >= 11 is 0. The van der Waals surface area contributed by atoms with Crippen molar-refractivity contribution in [1.29, 1.82) is 0 Å². The van der Waals surface area contributed by atoms with Crippen LogP contribution in [0.15, 0.2) is 12.4 Å². The highest BCUT2D eigenvalue weighted by atomic mass is 16.4. The summed E-state index contributed by atoms with van der Waals surface area (Å²) in [6.07, 6.45) is 2.88. The van der Waals surface area contributed by atoms with Gasteiger partial charge >= 0.3 is 5.97 Å². The fourth-order valence-electron chi connectivity index (χ4n) is 1.53. The van der Waals surface area contributed by atoms with Gasteiger partial charge in [0.1, 0.15) is 6.54 Å². The van der Waals surface area contributed by atoms with Gasteiger partial charge in [-0.25, -0.2) is 14.2 Å². The molecule has 0 atom stereocenters. The third kappa shape index (κ3) is 4.07. The number of carbonyl (C=O) groups excluding carboxylic acids is 1. The molecule has 2 rings (SSSR count). The van der Waals surface area contributed by atoms with Crippen LogP contribution in [0.5, 0.6) is 0 Å². The number of hydrogen-bond donors (Lipinski definition) is 3. The molecule has 0 spiro atoms. The van der Waals surface area contributed by atoms with Crippen molar-refractivity contribution in [2.75, 3.05) is 6.54 Å². The molecular weight excluding hydrogens is 280 g/mol. The zero-order valence-electron chi connectivity index (χ0n) is 11.0. The molecule has 11 nitrogen and oxygen atoms in total. The Balaban J connectivity index is 1.74. The number of hydrogen-bond acceptors (Lipinski definition) is 7. The topological polar surface area (TPSA) is 154 Å². The van der Waals surface area contributed by atoms with Crippen LogP contribution in [0.25, 0.3) is 0 Å². The Bertz CT molecular complexity index is 634. The minimum Gasteiger partial charge on any atom is -0.476 e. The average Bonchev–Trinajstić information content (AvgIpc) is 3.07. The molecule has 0 aliphatic rings. The van der Waals surface area contributed by atoms with Crippen molar-refractivity contribution in [3.63, 3.8) is 0 Å². The molecule has 0 aromatic carbocycles. The first-order valence-corrected chi connectivity index (χ1v) is 6.07. The van der Waals surface area contributed by atoms with Crippen molar-refractivity contribution < 1.29 is 14.7 Å². The Labute approximate surface area is 118 Å². The van der Waals surface area contributed by atoms with Crippen LogP contribution in [-0.4, -0.2) is 53.5 Å². The fraction of sp³-hybridized carbons (Fsp3) is 0.400. The lowest BCUT2D eigenvalue weighted by Gasteiger charge is -2.04. The van der Waals surface area contributed by atoms with E-state index in [2.05, 4.69) is 25.9 Å². The van der Waals surface area contributed by atoms with E-state index in [0.29, 0.717) is 18.8 Å². The van der Waals surface area contributed by atoms with Crippen molar-refractivity contribution in [1.82, 2.24) is 35.3 Å². The zero-order valence-corrected chi connectivity index (χ0v) is 11.0. The zero-order chi connectivity index (χ0) is 15.2. The first kappa shape index (κ1) is 14.6. The Morgan fingerprint density at radius 3 is 2.62 bits per heavy atom. The molecule has 0 saturated carbocycles. The molecule has 0 fully saturated rings. The molecule has 4 N–H and O–H groups in total. The van der Waals surface area contributed by atoms with E-state index in [0.717, 1.165) is 0 Å². The van der Waals surface area contributed by atoms with E-state index in [4.69, 9.17) is 10.8 Å². The summed E-state index contributed by atoms with van der Waals surface area (Å²) in [5, 5.41) is 25.9. The van der Waals surface area contributed by atoms with Gasteiger partial charge in [0, 0.05) is 13.1 Å². The monoisotopic (exact) mass is 294 g/mol. The van der Waals surface area contributed by atoms with Gasteiger partial charge < -0.3 is 16.2 Å². The molecule has 2 aromatic rings. The molecule has 0 bridgehead atoms. The van der Waals surface area contributed by atoms with Gasteiger partial charge in [-0.3, -0.25) is 4.79 Å². The van der Waals surface area contributed by atoms with Crippen LogP contribution < -0.4 is 11.1 Å². The third-order valence-corrected chi connectivity index (χ3v) is 2.52. The van der Waals surface area contributed by atoms with E-state index in [9.17, 15) is 9.59 Å². The lowest BCUT2D eigenvalue weighted by molar-refractivity contribution is -0.121. The number of aromatic carboxylic acids is 1. The quantitative estimate of drug-likeness (QED) is 0.522. The fourth-order valence-corrected chi connectivity index (χ4v) is 1.53. The normalized spacial score (nSPS) is 10.5. The van der Waals surface area contributed by atoms with Crippen LogP contribution in [-0.2, 0) is 24.4 Å². The molecule has 1 amide bonds. The first-order valence-electron chi connectivity index (χ1n) is 6.07. The molecule has 2 heterocycles. The molecule has 112 valence electrons. The highest BCUT2D eigenvalue weighted by Crippen LogP contribution is 1.93. The van der Waals surface area contributed by atoms with Crippen molar-refractivity contribution in [2.45, 2.75) is 19.6 Å². The largest absolute Gasteiger partial charge is 0.476 e. The standard InChI is InChI=1S/C10H14N8O3/c11-3-7-4-18(15-13-7)6-9(19)12-1-2-17-5-8(10(20)21)14-16-17/h4-5H,1-3,6,11H2,(H,12,19)(H,20,21). The van der Waals surface area contributed by atoms with Crippen LogP contribution in [0, 0.1) is 0 Å². The molecule has 0 saturated heterocycles. The van der Waals surface area contributed by atoms with Gasteiger partial charge in [-0.15, -0.1) is 10.2 Å². The van der Waals surface area contributed by atoms with Gasteiger partial charge in [-0.05, 0) is 0 Å². The van der Waals surface area contributed by atoms with Crippen molar-refractivity contribution in [3.8, 4) is 0 Å². The second-order valence-electron chi connectivity index (χ2n) is 4.13. The lowest BCUT2D eigenvalue weighted by atomic mass is 10.5. The molecule has 0 radical (unpaired) electrons. The molecule has 0 aliphatic heterocycles. The van der Waals surface area contributed by atoms with Gasteiger partial charge in [0.2, 0.25) is 5.91 Å². The van der Waals surface area contributed by atoms with Crippen LogP contribution in [0.1, 0.15) is 16.2 Å². The molecule has 0 unspecified atom stereocenters. The SMILES string of the molecule is NCc1cn(CC(=O)NCCn2cc(C(=O)O)nn2)nn1. The van der Waals surface area contributed by atoms with E-state index in [-0.39, 0.29) is 24.7 Å². The van der Waals surface area contributed by atoms with E-state index in [1.165, 1.54) is 15.6 Å². The van der Waals surface area contributed by atoms with Gasteiger partial charge in [0.05, 0.1) is 24.6 Å². The summed E-state index contributed by atoms with van der Waals surface area (Å²) in [5.41, 5.74) is 5.85. The maximum Gasteiger partial charge on any atom is 0.358 e. The van der Waals surface area contributed by atoms with Gasteiger partial charge in [0.25, 0.3) is 0 Å². The number of carbonyl (C=O) groups is 2. The molecule has 21 heavy (non-hydrogen) atoms. The Hall–Kier alpha value is -2.82. The molecule has 0 aliphatic carbocycles. The van der Waals surface area contributed by atoms with E-state index < -0.39 is 5.97 Å². The van der Waals surface area contributed by atoms with Crippen LogP contribution in [0.3, 0.4) is 0 Å². The smallest absolute Gasteiger partial charge is 0.358 e. The summed E-state index contributed by atoms with van der Waals surface area (Å²) in [7, 11) is 0. The number of amides is 1. The second-order valence-corrected chi connectivity index (χ2v) is 4.13. The first-order chi connectivity index (χ1) is 10.1. The average molecular weight is 294 g/mol. The third-order valence-electron chi connectivity index (χ3n) is 2.52. The number of carboxylic acid groups (broad SMARTS) is 1. The number of carboxylic acids is 1. The Morgan fingerprint density at radius 2 is 2.00 bits per heavy atom. The summed E-state index contributed by atoms with van der Waals surface area (Å²) in [6, 6.07) is 0. The number of aromatic nitrogens is 6. The summed E-state index contributed by atoms with van der Waals surface area (Å²) in [4.78, 5) is 22.3. The number of nitrogens with one attached hydrogen (secondary N) is 1. The van der Waals surface area contributed by atoms with E-state index >= 15 is 0 Å². The van der Waals surface area contributed by atoms with Crippen LogP contribution in [0.2, 0.25) is 0 Å². The highest BCUT2D eigenvalue weighted by Gasteiger charge is 2.08. The maximum absolute atomic E-state index is 11.6. The Morgan fingerprint density at radius 1 is 1.24 bits per heavy atom. The maximum atomic E-state index is 11.6. The number of rotatable bonds is 7. The summed E-state index contributed by atoms with van der Waals surface area (Å²) in [6.45, 7) is 0.904.